The number of sulfonamides is 1. The first kappa shape index (κ1) is 18.2. The van der Waals surface area contributed by atoms with Gasteiger partial charge in [-0.05, 0) is 36.4 Å². The minimum absolute atomic E-state index is 0.0724. The first-order valence-corrected chi connectivity index (χ1v) is 9.73. The topological polar surface area (TPSA) is 96.5 Å². The van der Waals surface area contributed by atoms with E-state index in [0.717, 1.165) is 13.1 Å². The highest BCUT2D eigenvalue weighted by atomic mass is 32.2. The van der Waals surface area contributed by atoms with Crippen LogP contribution in [0, 0.1) is 5.92 Å². The van der Waals surface area contributed by atoms with E-state index in [9.17, 15) is 13.2 Å². The largest absolute Gasteiger partial charge is 0.495 e. The summed E-state index contributed by atoms with van der Waals surface area (Å²) >= 11 is 0. The van der Waals surface area contributed by atoms with Gasteiger partial charge in [0.1, 0.15) is 5.75 Å². The van der Waals surface area contributed by atoms with Gasteiger partial charge < -0.3 is 15.4 Å². The van der Waals surface area contributed by atoms with Crippen molar-refractivity contribution in [2.24, 2.45) is 5.92 Å². The lowest BCUT2D eigenvalue weighted by Crippen LogP contribution is -2.48. The first-order valence-electron chi connectivity index (χ1n) is 8.24. The van der Waals surface area contributed by atoms with E-state index >= 15 is 0 Å². The van der Waals surface area contributed by atoms with Gasteiger partial charge in [-0.2, -0.15) is 0 Å². The molecule has 0 aliphatic carbocycles. The molecule has 3 N–H and O–H groups in total. The Balaban J connectivity index is 1.69. The molecule has 26 heavy (non-hydrogen) atoms. The molecule has 3 rings (SSSR count). The number of nitrogens with one attached hydrogen (secondary N) is 3. The maximum atomic E-state index is 12.5. The highest BCUT2D eigenvalue weighted by molar-refractivity contribution is 7.92. The maximum Gasteiger partial charge on any atom is 0.262 e. The van der Waals surface area contributed by atoms with E-state index in [2.05, 4.69) is 15.4 Å². The molecule has 0 radical (unpaired) electrons. The molecular formula is C18H21N3O4S. The summed E-state index contributed by atoms with van der Waals surface area (Å²) in [5, 5.41) is 6.00. The zero-order valence-electron chi connectivity index (χ0n) is 14.4. The van der Waals surface area contributed by atoms with Crippen LogP contribution in [0.3, 0.4) is 0 Å². The molecule has 2 aromatic rings. The molecule has 1 heterocycles. The SMILES string of the molecule is COc1ccccc1NS(=O)(=O)c1ccc(C(=O)NCC2CNC2)cc1. The van der Waals surface area contributed by atoms with E-state index in [-0.39, 0.29) is 10.8 Å². The third-order valence-corrected chi connectivity index (χ3v) is 5.58. The van der Waals surface area contributed by atoms with Crippen molar-refractivity contribution in [1.82, 2.24) is 10.6 Å². The van der Waals surface area contributed by atoms with Crippen molar-refractivity contribution < 1.29 is 17.9 Å². The van der Waals surface area contributed by atoms with Crippen molar-refractivity contribution in [2.75, 3.05) is 31.5 Å². The Morgan fingerprint density at radius 1 is 1.15 bits per heavy atom. The lowest BCUT2D eigenvalue weighted by atomic mass is 10.0. The Labute approximate surface area is 152 Å². The molecular weight excluding hydrogens is 354 g/mol. The van der Waals surface area contributed by atoms with Crippen LogP contribution in [0.4, 0.5) is 5.69 Å². The van der Waals surface area contributed by atoms with Gasteiger partial charge in [-0.15, -0.1) is 0 Å². The molecule has 1 aliphatic heterocycles. The molecule has 2 aromatic carbocycles. The summed E-state index contributed by atoms with van der Waals surface area (Å²) in [6, 6.07) is 12.6. The average Bonchev–Trinajstić information content (AvgIpc) is 2.60. The average molecular weight is 375 g/mol. The number of carbonyl (C=O) groups is 1. The fourth-order valence-corrected chi connectivity index (χ4v) is 3.62. The minimum atomic E-state index is -3.78. The zero-order valence-corrected chi connectivity index (χ0v) is 15.2. The number of methoxy groups -OCH3 is 1. The van der Waals surface area contributed by atoms with Crippen LogP contribution in [0.25, 0.3) is 0 Å². The van der Waals surface area contributed by atoms with Crippen LogP contribution in [0.1, 0.15) is 10.4 Å². The highest BCUT2D eigenvalue weighted by Gasteiger charge is 2.19. The molecule has 8 heteroatoms. The fraction of sp³-hybridized carbons (Fsp3) is 0.278. The van der Waals surface area contributed by atoms with Crippen molar-refractivity contribution >= 4 is 21.6 Å². The van der Waals surface area contributed by atoms with Gasteiger partial charge in [0.25, 0.3) is 15.9 Å². The van der Waals surface area contributed by atoms with Crippen LogP contribution in [0.2, 0.25) is 0 Å². The van der Waals surface area contributed by atoms with Crippen LogP contribution < -0.4 is 20.1 Å². The van der Waals surface area contributed by atoms with Crippen LogP contribution >= 0.6 is 0 Å². The van der Waals surface area contributed by atoms with Crippen molar-refractivity contribution in [2.45, 2.75) is 4.90 Å². The summed E-state index contributed by atoms with van der Waals surface area (Å²) in [6.45, 7) is 2.43. The summed E-state index contributed by atoms with van der Waals surface area (Å²) in [7, 11) is -2.31. The molecule has 0 spiro atoms. The lowest BCUT2D eigenvalue weighted by Gasteiger charge is -2.27. The molecule has 0 saturated carbocycles. The Morgan fingerprint density at radius 2 is 1.85 bits per heavy atom. The zero-order chi connectivity index (χ0) is 18.6. The molecule has 1 fully saturated rings. The Kier molecular flexibility index (Phi) is 5.43. The van der Waals surface area contributed by atoms with Crippen molar-refractivity contribution in [3.8, 4) is 5.75 Å². The van der Waals surface area contributed by atoms with Crippen molar-refractivity contribution in [3.05, 3.63) is 54.1 Å². The normalized spacial score (nSPS) is 14.3. The quantitative estimate of drug-likeness (QED) is 0.681. The summed E-state index contributed by atoms with van der Waals surface area (Å²) in [6.07, 6.45) is 0. The molecule has 138 valence electrons. The van der Waals surface area contributed by atoms with Gasteiger partial charge in [-0.1, -0.05) is 12.1 Å². The number of para-hydroxylation sites is 2. The molecule has 1 aliphatic rings. The second kappa shape index (κ2) is 7.76. The third-order valence-electron chi connectivity index (χ3n) is 4.20. The van der Waals surface area contributed by atoms with Gasteiger partial charge in [-0.3, -0.25) is 9.52 Å². The number of hydrogen-bond donors (Lipinski definition) is 3. The molecule has 0 aromatic heterocycles. The van der Waals surface area contributed by atoms with Gasteiger partial charge in [0.05, 0.1) is 17.7 Å². The minimum Gasteiger partial charge on any atom is -0.495 e. The lowest BCUT2D eigenvalue weighted by molar-refractivity contribution is 0.0942. The van der Waals surface area contributed by atoms with E-state index in [1.165, 1.54) is 31.4 Å². The van der Waals surface area contributed by atoms with E-state index < -0.39 is 10.0 Å². The van der Waals surface area contributed by atoms with Gasteiger partial charge in [0.2, 0.25) is 0 Å². The summed E-state index contributed by atoms with van der Waals surface area (Å²) in [4.78, 5) is 12.2. The highest BCUT2D eigenvalue weighted by Crippen LogP contribution is 2.26. The van der Waals surface area contributed by atoms with Crippen LogP contribution in [0.5, 0.6) is 5.75 Å². The van der Waals surface area contributed by atoms with E-state index in [4.69, 9.17) is 4.74 Å². The Morgan fingerprint density at radius 3 is 2.46 bits per heavy atom. The smallest absolute Gasteiger partial charge is 0.262 e. The maximum absolute atomic E-state index is 12.5. The first-order chi connectivity index (χ1) is 12.5. The monoisotopic (exact) mass is 375 g/mol. The number of hydrogen-bond acceptors (Lipinski definition) is 5. The van der Waals surface area contributed by atoms with Gasteiger partial charge in [0, 0.05) is 31.1 Å². The molecule has 1 saturated heterocycles. The number of ether oxygens (including phenoxy) is 1. The number of rotatable bonds is 7. The van der Waals surface area contributed by atoms with Crippen molar-refractivity contribution in [3.63, 3.8) is 0 Å². The Bertz CT molecular complexity index is 878. The van der Waals surface area contributed by atoms with Crippen LogP contribution in [-0.2, 0) is 10.0 Å². The summed E-state index contributed by atoms with van der Waals surface area (Å²) in [5.74, 6) is 0.680. The predicted octanol–water partition coefficient (Wildman–Crippen LogP) is 1.45. The molecule has 1 amide bonds. The fourth-order valence-electron chi connectivity index (χ4n) is 2.55. The van der Waals surface area contributed by atoms with Gasteiger partial charge in [0.15, 0.2) is 0 Å². The number of anilines is 1. The summed E-state index contributed by atoms with van der Waals surface area (Å²) in [5.41, 5.74) is 0.777. The number of amides is 1. The van der Waals surface area contributed by atoms with Crippen LogP contribution in [0.15, 0.2) is 53.4 Å². The second-order valence-corrected chi connectivity index (χ2v) is 7.75. The van der Waals surface area contributed by atoms with Crippen LogP contribution in [-0.4, -0.2) is 41.1 Å². The second-order valence-electron chi connectivity index (χ2n) is 6.06. The van der Waals surface area contributed by atoms with Gasteiger partial charge >= 0.3 is 0 Å². The van der Waals surface area contributed by atoms with E-state index in [1.54, 1.807) is 24.3 Å². The third kappa shape index (κ3) is 4.14. The number of benzene rings is 2. The summed E-state index contributed by atoms with van der Waals surface area (Å²) < 4.78 is 32.7. The predicted molar refractivity (Wildman–Crippen MR) is 98.9 cm³/mol. The Hall–Kier alpha value is -2.58. The molecule has 0 atom stereocenters. The molecule has 0 bridgehead atoms. The number of carbonyl (C=O) groups excluding carboxylic acids is 1. The molecule has 0 unspecified atom stereocenters. The van der Waals surface area contributed by atoms with Crippen molar-refractivity contribution in [1.29, 1.82) is 0 Å². The van der Waals surface area contributed by atoms with Gasteiger partial charge in [-0.25, -0.2) is 8.42 Å². The molecule has 7 nitrogen and oxygen atoms in total. The standard InChI is InChI=1S/C18H21N3O4S/c1-25-17-5-3-2-4-16(17)21-26(23,24)15-8-6-14(7-9-15)18(22)20-12-13-10-19-11-13/h2-9,13,19,21H,10-12H2,1H3,(H,20,22). The van der Waals surface area contributed by atoms with E-state index in [0.29, 0.717) is 29.5 Å². The van der Waals surface area contributed by atoms with E-state index in [1.807, 2.05) is 0 Å².